The lowest BCUT2D eigenvalue weighted by molar-refractivity contribution is 0.238. The highest BCUT2D eigenvalue weighted by Gasteiger charge is 2.21. The van der Waals surface area contributed by atoms with Gasteiger partial charge in [-0.15, -0.1) is 0 Å². The van der Waals surface area contributed by atoms with Crippen LogP contribution in [0.2, 0.25) is 0 Å². The second-order valence-corrected chi connectivity index (χ2v) is 7.32. The van der Waals surface area contributed by atoms with Gasteiger partial charge in [-0.3, -0.25) is 4.90 Å². The first-order valence-electron chi connectivity index (χ1n) is 9.86. The van der Waals surface area contributed by atoms with Gasteiger partial charge in [-0.1, -0.05) is 0 Å². The highest BCUT2D eigenvalue weighted by Crippen LogP contribution is 2.28. The van der Waals surface area contributed by atoms with Crippen molar-refractivity contribution in [1.29, 1.82) is 0 Å². The summed E-state index contributed by atoms with van der Waals surface area (Å²) in [5.41, 5.74) is 4.15. The molecule has 0 aliphatic carbocycles. The van der Waals surface area contributed by atoms with E-state index >= 15 is 0 Å². The Morgan fingerprint density at radius 2 is 2.03 bits per heavy atom. The molecular weight excluding hydrogens is 380 g/mol. The molecule has 30 heavy (non-hydrogen) atoms. The topological polar surface area (TPSA) is 73.5 Å². The molecule has 5 rings (SSSR count). The maximum Gasteiger partial charge on any atom is 0.218 e. The minimum atomic E-state index is 0.642. The first-order valence-corrected chi connectivity index (χ1v) is 9.86. The molecule has 0 radical (unpaired) electrons. The summed E-state index contributed by atoms with van der Waals surface area (Å²) in [6, 6.07) is 11.8. The molecule has 1 aromatic carbocycles. The van der Waals surface area contributed by atoms with E-state index in [-0.39, 0.29) is 0 Å². The molecule has 7 nitrogen and oxygen atoms in total. The van der Waals surface area contributed by atoms with Gasteiger partial charge in [-0.25, -0.2) is 15.0 Å². The lowest BCUT2D eigenvalue weighted by atomic mass is 10.1. The molecule has 1 aliphatic heterocycles. The summed E-state index contributed by atoms with van der Waals surface area (Å²) in [5.74, 6) is 2.77. The van der Waals surface area contributed by atoms with E-state index in [9.17, 15) is 0 Å². The lowest BCUT2D eigenvalue weighted by Crippen LogP contribution is -2.31. The predicted molar refractivity (Wildman–Crippen MR) is 112 cm³/mol. The van der Waals surface area contributed by atoms with Crippen LogP contribution in [0.4, 0.5) is 0 Å². The maximum atomic E-state index is 5.58. The predicted octanol–water partition coefficient (Wildman–Crippen LogP) is 3.86. The average molecular weight is 402 g/mol. The molecule has 0 fully saturated rings. The lowest BCUT2D eigenvalue weighted by Gasteiger charge is -2.28. The van der Waals surface area contributed by atoms with Gasteiger partial charge < -0.3 is 13.9 Å². The number of rotatable bonds is 5. The monoisotopic (exact) mass is 402 g/mol. The first-order chi connectivity index (χ1) is 14.7. The summed E-state index contributed by atoms with van der Waals surface area (Å²) < 4.78 is 16.3. The number of methoxy groups -OCH3 is 2. The van der Waals surface area contributed by atoms with Gasteiger partial charge in [0.15, 0.2) is 11.6 Å². The number of fused-ring (bicyclic) bond motifs is 2. The van der Waals surface area contributed by atoms with Crippen LogP contribution in [0.5, 0.6) is 11.6 Å². The number of benzene rings is 1. The van der Waals surface area contributed by atoms with Crippen LogP contribution in [0.1, 0.15) is 16.8 Å². The Morgan fingerprint density at radius 3 is 2.83 bits per heavy atom. The Kier molecular flexibility index (Phi) is 4.80. The van der Waals surface area contributed by atoms with E-state index in [2.05, 4.69) is 20.9 Å². The average Bonchev–Trinajstić information content (AvgIpc) is 3.33. The Bertz CT molecular complexity index is 1190. The van der Waals surface area contributed by atoms with Crippen LogP contribution in [0.25, 0.3) is 22.5 Å². The Labute approximate surface area is 174 Å². The van der Waals surface area contributed by atoms with Crippen molar-refractivity contribution in [2.45, 2.75) is 19.5 Å². The van der Waals surface area contributed by atoms with E-state index in [1.54, 1.807) is 20.5 Å². The van der Waals surface area contributed by atoms with Crippen molar-refractivity contribution in [3.05, 3.63) is 65.7 Å². The van der Waals surface area contributed by atoms with Crippen LogP contribution in [0, 0.1) is 0 Å². The standard InChI is InChI=1S/C23H22N4O3/c1-28-18-6-5-15-10-16(23(29-2)26-20(15)11-18)13-27-8-7-19-17(14-27)12-24-22(25-19)21-4-3-9-30-21/h3-6,9-12H,7-8,13-14H2,1-2H3. The largest absolute Gasteiger partial charge is 0.497 e. The van der Waals surface area contributed by atoms with E-state index < -0.39 is 0 Å². The van der Waals surface area contributed by atoms with Crippen molar-refractivity contribution in [2.75, 3.05) is 20.8 Å². The second-order valence-electron chi connectivity index (χ2n) is 7.32. The van der Waals surface area contributed by atoms with E-state index in [0.717, 1.165) is 59.5 Å². The van der Waals surface area contributed by atoms with Gasteiger partial charge in [0.1, 0.15) is 5.75 Å². The third kappa shape index (κ3) is 3.48. The van der Waals surface area contributed by atoms with Gasteiger partial charge in [0, 0.05) is 54.8 Å². The summed E-state index contributed by atoms with van der Waals surface area (Å²) in [6.07, 6.45) is 4.42. The number of pyridine rings is 1. The molecule has 0 amide bonds. The van der Waals surface area contributed by atoms with Crippen molar-refractivity contribution in [1.82, 2.24) is 19.9 Å². The number of hydrogen-bond acceptors (Lipinski definition) is 7. The minimum absolute atomic E-state index is 0.642. The van der Waals surface area contributed by atoms with Crippen LogP contribution in [-0.2, 0) is 19.5 Å². The third-order valence-corrected chi connectivity index (χ3v) is 5.41. The van der Waals surface area contributed by atoms with Crippen LogP contribution < -0.4 is 9.47 Å². The molecule has 3 aromatic heterocycles. The summed E-state index contributed by atoms with van der Waals surface area (Å²) in [4.78, 5) is 16.3. The molecular formula is C23H22N4O3. The summed E-state index contributed by atoms with van der Waals surface area (Å²) in [7, 11) is 3.32. The van der Waals surface area contributed by atoms with Gasteiger partial charge in [0.05, 0.1) is 31.7 Å². The van der Waals surface area contributed by atoms with Gasteiger partial charge in [0.2, 0.25) is 5.88 Å². The molecule has 0 spiro atoms. The zero-order chi connectivity index (χ0) is 20.5. The quantitative estimate of drug-likeness (QED) is 0.502. The van der Waals surface area contributed by atoms with Gasteiger partial charge >= 0.3 is 0 Å². The highest BCUT2D eigenvalue weighted by molar-refractivity contribution is 5.81. The van der Waals surface area contributed by atoms with E-state index in [0.29, 0.717) is 17.5 Å². The van der Waals surface area contributed by atoms with Crippen molar-refractivity contribution < 1.29 is 13.9 Å². The fourth-order valence-corrected chi connectivity index (χ4v) is 3.86. The summed E-state index contributed by atoms with van der Waals surface area (Å²) >= 11 is 0. The van der Waals surface area contributed by atoms with Crippen molar-refractivity contribution in [2.24, 2.45) is 0 Å². The Hall–Kier alpha value is -3.45. The molecule has 4 heterocycles. The van der Waals surface area contributed by atoms with E-state index in [4.69, 9.17) is 18.9 Å². The van der Waals surface area contributed by atoms with Gasteiger partial charge in [0.25, 0.3) is 0 Å². The molecule has 0 unspecified atom stereocenters. The smallest absolute Gasteiger partial charge is 0.218 e. The summed E-state index contributed by atoms with van der Waals surface area (Å²) in [5, 5.41) is 1.07. The number of furan rings is 1. The Balaban J connectivity index is 1.38. The fourth-order valence-electron chi connectivity index (χ4n) is 3.86. The molecule has 0 N–H and O–H groups in total. The summed E-state index contributed by atoms with van der Waals surface area (Å²) in [6.45, 7) is 2.44. The number of hydrogen-bond donors (Lipinski definition) is 0. The third-order valence-electron chi connectivity index (χ3n) is 5.41. The molecule has 0 atom stereocenters. The molecule has 0 saturated carbocycles. The second kappa shape index (κ2) is 7.76. The SMILES string of the molecule is COc1ccc2cc(CN3CCc4nc(-c5ccco5)ncc4C3)c(OC)nc2c1. The molecule has 1 aliphatic rings. The molecule has 7 heteroatoms. The minimum Gasteiger partial charge on any atom is -0.497 e. The zero-order valence-corrected chi connectivity index (χ0v) is 17.0. The zero-order valence-electron chi connectivity index (χ0n) is 17.0. The van der Waals surface area contributed by atoms with Crippen LogP contribution in [0.3, 0.4) is 0 Å². The van der Waals surface area contributed by atoms with Crippen LogP contribution in [-0.4, -0.2) is 40.6 Å². The van der Waals surface area contributed by atoms with E-state index in [1.165, 1.54) is 0 Å². The highest BCUT2D eigenvalue weighted by atomic mass is 16.5. The molecule has 0 saturated heterocycles. The fraction of sp³-hybridized carbons (Fsp3) is 0.261. The van der Waals surface area contributed by atoms with Crippen molar-refractivity contribution >= 4 is 10.9 Å². The first kappa shape index (κ1) is 18.6. The Morgan fingerprint density at radius 1 is 1.10 bits per heavy atom. The number of ether oxygens (including phenoxy) is 2. The van der Waals surface area contributed by atoms with Crippen LogP contribution in [0.15, 0.2) is 53.3 Å². The van der Waals surface area contributed by atoms with Gasteiger partial charge in [-0.05, 0) is 30.3 Å². The number of aromatic nitrogens is 3. The van der Waals surface area contributed by atoms with E-state index in [1.807, 2.05) is 36.5 Å². The van der Waals surface area contributed by atoms with Crippen molar-refractivity contribution in [3.63, 3.8) is 0 Å². The van der Waals surface area contributed by atoms with Crippen LogP contribution >= 0.6 is 0 Å². The number of nitrogens with zero attached hydrogens (tertiary/aromatic N) is 4. The normalized spacial score (nSPS) is 13.9. The maximum absolute atomic E-state index is 5.58. The van der Waals surface area contributed by atoms with Crippen molar-refractivity contribution in [3.8, 4) is 23.2 Å². The van der Waals surface area contributed by atoms with Gasteiger partial charge in [-0.2, -0.15) is 0 Å². The molecule has 152 valence electrons. The molecule has 0 bridgehead atoms. The molecule has 4 aromatic rings.